The van der Waals surface area contributed by atoms with Crippen LogP contribution in [0.3, 0.4) is 0 Å². The van der Waals surface area contributed by atoms with Gasteiger partial charge in [0.1, 0.15) is 11.9 Å². The summed E-state index contributed by atoms with van der Waals surface area (Å²) in [6, 6.07) is 14.2. The summed E-state index contributed by atoms with van der Waals surface area (Å²) in [6.45, 7) is 2.22. The molecule has 1 N–H and O–H groups in total. The lowest BCUT2D eigenvalue weighted by atomic mass is 10.1. The molecule has 3 heterocycles. The molecule has 1 fully saturated rings. The van der Waals surface area contributed by atoms with E-state index in [4.69, 9.17) is 9.72 Å². The number of aliphatic hydroxyl groups is 1. The van der Waals surface area contributed by atoms with Gasteiger partial charge in [-0.15, -0.1) is 11.3 Å². The molecular formula is C18H18N2O2S. The second-order valence-electron chi connectivity index (χ2n) is 5.64. The monoisotopic (exact) mass is 326 g/mol. The summed E-state index contributed by atoms with van der Waals surface area (Å²) in [5, 5.41) is 12.9. The fourth-order valence-corrected chi connectivity index (χ4v) is 3.79. The molecule has 0 saturated carbocycles. The number of pyridine rings is 1. The minimum absolute atomic E-state index is 0.00576. The van der Waals surface area contributed by atoms with Gasteiger partial charge in [0.05, 0.1) is 25.3 Å². The van der Waals surface area contributed by atoms with E-state index in [1.54, 1.807) is 11.3 Å². The lowest BCUT2D eigenvalue weighted by Gasteiger charge is -2.34. The molecule has 3 aromatic rings. The number of thiophene rings is 1. The molecule has 2 aromatic heterocycles. The van der Waals surface area contributed by atoms with Gasteiger partial charge in [-0.05, 0) is 23.6 Å². The fraction of sp³-hybridized carbons (Fsp3) is 0.278. The fourth-order valence-electron chi connectivity index (χ4n) is 3.03. The second kappa shape index (κ2) is 6.28. The maximum Gasteiger partial charge on any atom is 0.135 e. The van der Waals surface area contributed by atoms with Crippen LogP contribution in [0.15, 0.2) is 47.8 Å². The Morgan fingerprint density at radius 1 is 1.26 bits per heavy atom. The van der Waals surface area contributed by atoms with Crippen molar-refractivity contribution in [1.82, 2.24) is 4.98 Å². The minimum atomic E-state index is -0.00576. The van der Waals surface area contributed by atoms with Crippen molar-refractivity contribution in [3.05, 3.63) is 58.3 Å². The van der Waals surface area contributed by atoms with Crippen molar-refractivity contribution in [2.45, 2.75) is 12.7 Å². The molecule has 0 radical (unpaired) electrons. The van der Waals surface area contributed by atoms with Crippen LogP contribution in [0.4, 0.5) is 5.82 Å². The highest BCUT2D eigenvalue weighted by Gasteiger charge is 2.25. The summed E-state index contributed by atoms with van der Waals surface area (Å²) >= 11 is 1.72. The van der Waals surface area contributed by atoms with Crippen LogP contribution in [0.1, 0.15) is 16.5 Å². The quantitative estimate of drug-likeness (QED) is 0.801. The maximum absolute atomic E-state index is 9.76. The Hall–Kier alpha value is -1.95. The first-order chi connectivity index (χ1) is 11.3. The second-order valence-corrected chi connectivity index (χ2v) is 6.62. The first kappa shape index (κ1) is 14.6. The number of hydrogen-bond acceptors (Lipinski definition) is 5. The molecule has 0 bridgehead atoms. The number of para-hydroxylation sites is 1. The molecule has 1 unspecified atom stereocenters. The summed E-state index contributed by atoms with van der Waals surface area (Å²) in [4.78, 5) is 8.26. The molecule has 0 amide bonds. The molecule has 23 heavy (non-hydrogen) atoms. The van der Waals surface area contributed by atoms with E-state index in [-0.39, 0.29) is 12.7 Å². The first-order valence-corrected chi connectivity index (χ1v) is 8.62. The summed E-state index contributed by atoms with van der Waals surface area (Å²) in [7, 11) is 0. The topological polar surface area (TPSA) is 45.6 Å². The number of fused-ring (bicyclic) bond motifs is 1. The number of rotatable bonds is 3. The predicted molar refractivity (Wildman–Crippen MR) is 92.9 cm³/mol. The number of morpholine rings is 1. The Morgan fingerprint density at radius 3 is 3.00 bits per heavy atom. The van der Waals surface area contributed by atoms with Gasteiger partial charge in [-0.25, -0.2) is 4.98 Å². The Balaban J connectivity index is 1.69. The number of aliphatic hydroxyl groups excluding tert-OH is 1. The zero-order valence-electron chi connectivity index (χ0n) is 12.7. The third kappa shape index (κ3) is 2.83. The molecule has 5 heteroatoms. The molecule has 1 atom stereocenters. The number of nitrogens with zero attached hydrogens (tertiary/aromatic N) is 2. The summed E-state index contributed by atoms with van der Waals surface area (Å²) in [6.07, 6.45) is 0.0727. The standard InChI is InChI=1S/C18H18N2O2S/c21-12-14-10-13-4-1-2-5-15(13)19-18(14)20-7-8-22-16(11-20)17-6-3-9-23-17/h1-6,9-10,16,21H,7-8,11-12H2. The summed E-state index contributed by atoms with van der Waals surface area (Å²) in [5.74, 6) is 0.871. The average molecular weight is 326 g/mol. The van der Waals surface area contributed by atoms with Crippen molar-refractivity contribution < 1.29 is 9.84 Å². The zero-order chi connectivity index (χ0) is 15.6. The molecule has 118 valence electrons. The minimum Gasteiger partial charge on any atom is -0.392 e. The van der Waals surface area contributed by atoms with Gasteiger partial charge in [-0.2, -0.15) is 0 Å². The smallest absolute Gasteiger partial charge is 0.135 e. The summed E-state index contributed by atoms with van der Waals surface area (Å²) in [5.41, 5.74) is 1.83. The van der Waals surface area contributed by atoms with E-state index in [0.29, 0.717) is 6.61 Å². The molecule has 1 aromatic carbocycles. The molecule has 1 saturated heterocycles. The lowest BCUT2D eigenvalue weighted by molar-refractivity contribution is 0.0417. The van der Waals surface area contributed by atoms with Gasteiger partial charge in [0.2, 0.25) is 0 Å². The van der Waals surface area contributed by atoms with Crippen molar-refractivity contribution in [2.24, 2.45) is 0 Å². The van der Waals surface area contributed by atoms with Crippen LogP contribution in [-0.2, 0) is 11.3 Å². The van der Waals surface area contributed by atoms with E-state index in [0.717, 1.165) is 35.4 Å². The molecule has 4 nitrogen and oxygen atoms in total. The normalized spacial score (nSPS) is 18.5. The van der Waals surface area contributed by atoms with Crippen LogP contribution in [0.5, 0.6) is 0 Å². The van der Waals surface area contributed by atoms with E-state index in [1.807, 2.05) is 30.3 Å². The van der Waals surface area contributed by atoms with E-state index in [9.17, 15) is 5.11 Å². The van der Waals surface area contributed by atoms with Crippen molar-refractivity contribution in [1.29, 1.82) is 0 Å². The highest BCUT2D eigenvalue weighted by Crippen LogP contribution is 2.30. The number of anilines is 1. The van der Waals surface area contributed by atoms with E-state index < -0.39 is 0 Å². The van der Waals surface area contributed by atoms with Crippen molar-refractivity contribution in [3.63, 3.8) is 0 Å². The maximum atomic E-state index is 9.76. The molecule has 0 spiro atoms. The molecule has 1 aliphatic rings. The third-order valence-electron chi connectivity index (χ3n) is 4.18. The highest BCUT2D eigenvalue weighted by atomic mass is 32.1. The zero-order valence-corrected chi connectivity index (χ0v) is 13.5. The first-order valence-electron chi connectivity index (χ1n) is 7.74. The van der Waals surface area contributed by atoms with Gasteiger partial charge in [-0.1, -0.05) is 24.3 Å². The van der Waals surface area contributed by atoms with Crippen LogP contribution in [0, 0.1) is 0 Å². The van der Waals surface area contributed by atoms with Crippen LogP contribution < -0.4 is 4.90 Å². The van der Waals surface area contributed by atoms with Crippen molar-refractivity contribution in [3.8, 4) is 0 Å². The average Bonchev–Trinajstić information content (AvgIpc) is 3.15. The molecular weight excluding hydrogens is 308 g/mol. The Morgan fingerprint density at radius 2 is 2.17 bits per heavy atom. The highest BCUT2D eigenvalue weighted by molar-refractivity contribution is 7.10. The SMILES string of the molecule is OCc1cc2ccccc2nc1N1CCOC(c2cccs2)C1. The number of hydrogen-bond donors (Lipinski definition) is 1. The Kier molecular flexibility index (Phi) is 3.99. The van der Waals surface area contributed by atoms with Crippen LogP contribution in [0.25, 0.3) is 10.9 Å². The summed E-state index contributed by atoms with van der Waals surface area (Å²) < 4.78 is 5.91. The Bertz CT molecular complexity index is 804. The van der Waals surface area contributed by atoms with E-state index in [1.165, 1.54) is 4.88 Å². The van der Waals surface area contributed by atoms with Gasteiger partial charge >= 0.3 is 0 Å². The van der Waals surface area contributed by atoms with Crippen LogP contribution in [0.2, 0.25) is 0 Å². The van der Waals surface area contributed by atoms with E-state index in [2.05, 4.69) is 22.4 Å². The number of ether oxygens (including phenoxy) is 1. The Labute approximate surface area is 139 Å². The number of benzene rings is 1. The van der Waals surface area contributed by atoms with Crippen molar-refractivity contribution in [2.75, 3.05) is 24.6 Å². The molecule has 0 aliphatic carbocycles. The third-order valence-corrected chi connectivity index (χ3v) is 5.14. The molecule has 4 rings (SSSR count). The van der Waals surface area contributed by atoms with Crippen molar-refractivity contribution >= 4 is 28.1 Å². The predicted octanol–water partition coefficient (Wildman–Crippen LogP) is 3.37. The van der Waals surface area contributed by atoms with Crippen LogP contribution in [-0.4, -0.2) is 29.8 Å². The molecule has 1 aliphatic heterocycles. The van der Waals surface area contributed by atoms with Gasteiger partial charge in [0.15, 0.2) is 0 Å². The largest absolute Gasteiger partial charge is 0.392 e. The van der Waals surface area contributed by atoms with Gasteiger partial charge < -0.3 is 14.7 Å². The lowest BCUT2D eigenvalue weighted by Crippen LogP contribution is -2.39. The van der Waals surface area contributed by atoms with Gasteiger partial charge in [0, 0.05) is 22.4 Å². The van der Waals surface area contributed by atoms with Gasteiger partial charge in [-0.3, -0.25) is 0 Å². The van der Waals surface area contributed by atoms with Crippen LogP contribution >= 0.6 is 11.3 Å². The number of aromatic nitrogens is 1. The van der Waals surface area contributed by atoms with Gasteiger partial charge in [0.25, 0.3) is 0 Å². The van der Waals surface area contributed by atoms with E-state index >= 15 is 0 Å².